The molecule has 0 spiro atoms. The van der Waals surface area contributed by atoms with E-state index in [1.54, 1.807) is 7.05 Å². The van der Waals surface area contributed by atoms with E-state index in [0.29, 0.717) is 10.4 Å². The van der Waals surface area contributed by atoms with Crippen LogP contribution in [0, 0.1) is 13.8 Å². The van der Waals surface area contributed by atoms with Crippen LogP contribution in [0.15, 0.2) is 11.0 Å². The van der Waals surface area contributed by atoms with Crippen molar-refractivity contribution in [2.75, 3.05) is 7.05 Å². The van der Waals surface area contributed by atoms with Crippen LogP contribution in [0.1, 0.15) is 35.8 Å². The monoisotopic (exact) mass is 292 g/mol. The molecule has 0 N–H and O–H groups in total. The van der Waals surface area contributed by atoms with Gasteiger partial charge in [-0.3, -0.25) is 9.69 Å². The Labute approximate surface area is 122 Å². The molecule has 19 heavy (non-hydrogen) atoms. The number of nitrogens with zero attached hydrogens (tertiary/aromatic N) is 2. The maximum atomic E-state index is 12.0. The van der Waals surface area contributed by atoms with Crippen molar-refractivity contribution in [2.24, 2.45) is 0 Å². The minimum Gasteiger partial charge on any atom is -0.346 e. The highest BCUT2D eigenvalue weighted by atomic mass is 32.2. The maximum absolute atomic E-state index is 12.0. The number of rotatable bonds is 2. The fourth-order valence-electron chi connectivity index (χ4n) is 2.53. The second kappa shape index (κ2) is 4.49. The maximum Gasteiger partial charge on any atom is 0.265 e. The number of amides is 1. The molecule has 0 aromatic carbocycles. The molecule has 2 heterocycles. The number of aryl methyl sites for hydroxylation is 1. The summed E-state index contributed by atoms with van der Waals surface area (Å²) in [5, 5.41) is 0. The van der Waals surface area contributed by atoms with Gasteiger partial charge in [0.25, 0.3) is 5.91 Å². The van der Waals surface area contributed by atoms with Crippen molar-refractivity contribution in [1.82, 2.24) is 9.47 Å². The lowest BCUT2D eigenvalue weighted by molar-refractivity contribution is -0.121. The van der Waals surface area contributed by atoms with Gasteiger partial charge in [-0.05, 0) is 44.4 Å². The van der Waals surface area contributed by atoms with Crippen molar-refractivity contribution in [3.8, 4) is 0 Å². The Hall–Kier alpha value is -1.07. The molecule has 1 amide bonds. The molecule has 1 aromatic heterocycles. The predicted octanol–water partition coefficient (Wildman–Crippen LogP) is 3.27. The van der Waals surface area contributed by atoms with Gasteiger partial charge in [-0.1, -0.05) is 24.0 Å². The first-order valence-electron chi connectivity index (χ1n) is 6.39. The Kier molecular flexibility index (Phi) is 3.06. The molecule has 1 saturated heterocycles. The molecule has 1 aliphatic carbocycles. The van der Waals surface area contributed by atoms with Crippen molar-refractivity contribution >= 4 is 40.3 Å². The fraction of sp³-hybridized carbons (Fsp3) is 0.429. The highest BCUT2D eigenvalue weighted by Gasteiger charge is 2.30. The van der Waals surface area contributed by atoms with E-state index in [0.717, 1.165) is 10.5 Å². The summed E-state index contributed by atoms with van der Waals surface area (Å²) in [6.07, 6.45) is 4.52. The third-order valence-corrected chi connectivity index (χ3v) is 5.19. The zero-order valence-electron chi connectivity index (χ0n) is 11.3. The molecule has 2 fully saturated rings. The summed E-state index contributed by atoms with van der Waals surface area (Å²) < 4.78 is 3.02. The summed E-state index contributed by atoms with van der Waals surface area (Å²) in [4.78, 5) is 14.3. The van der Waals surface area contributed by atoms with Crippen LogP contribution in [-0.4, -0.2) is 26.7 Å². The van der Waals surface area contributed by atoms with E-state index in [1.165, 1.54) is 40.9 Å². The zero-order valence-corrected chi connectivity index (χ0v) is 12.9. The van der Waals surface area contributed by atoms with Crippen LogP contribution in [0.4, 0.5) is 0 Å². The predicted molar refractivity (Wildman–Crippen MR) is 83.1 cm³/mol. The van der Waals surface area contributed by atoms with Crippen LogP contribution in [0.25, 0.3) is 6.08 Å². The molecule has 3 rings (SSSR count). The van der Waals surface area contributed by atoms with E-state index in [1.807, 2.05) is 6.08 Å². The van der Waals surface area contributed by atoms with E-state index in [-0.39, 0.29) is 5.91 Å². The normalized spacial score (nSPS) is 21.8. The van der Waals surface area contributed by atoms with Crippen LogP contribution in [-0.2, 0) is 4.79 Å². The molecule has 0 bridgehead atoms. The number of thiocarbonyl (C=S) groups is 1. The lowest BCUT2D eigenvalue weighted by atomic mass is 10.2. The second-order valence-corrected chi connectivity index (χ2v) is 6.84. The number of thioether (sulfide) groups is 1. The van der Waals surface area contributed by atoms with Gasteiger partial charge in [-0.25, -0.2) is 0 Å². The quantitative estimate of drug-likeness (QED) is 0.618. The molecule has 100 valence electrons. The average Bonchev–Trinajstić information content (AvgIpc) is 3.11. The van der Waals surface area contributed by atoms with Crippen LogP contribution in [0.5, 0.6) is 0 Å². The third kappa shape index (κ3) is 2.15. The summed E-state index contributed by atoms with van der Waals surface area (Å²) >= 11 is 6.53. The van der Waals surface area contributed by atoms with E-state index in [4.69, 9.17) is 12.2 Å². The number of hydrogen-bond acceptors (Lipinski definition) is 3. The minimum atomic E-state index is 0.00576. The lowest BCUT2D eigenvalue weighted by Crippen LogP contribution is -2.22. The van der Waals surface area contributed by atoms with Gasteiger partial charge >= 0.3 is 0 Å². The molecular formula is C14H16N2OS2. The zero-order chi connectivity index (χ0) is 13.7. The molecule has 1 aliphatic heterocycles. The van der Waals surface area contributed by atoms with Gasteiger partial charge in [0.2, 0.25) is 0 Å². The van der Waals surface area contributed by atoms with Crippen LogP contribution in [0.3, 0.4) is 0 Å². The Morgan fingerprint density at radius 1 is 1.42 bits per heavy atom. The summed E-state index contributed by atoms with van der Waals surface area (Å²) in [6, 6.07) is 2.83. The first-order valence-corrected chi connectivity index (χ1v) is 7.61. The van der Waals surface area contributed by atoms with Crippen LogP contribution >= 0.6 is 24.0 Å². The van der Waals surface area contributed by atoms with Crippen molar-refractivity contribution in [1.29, 1.82) is 0 Å². The molecule has 0 atom stereocenters. The smallest absolute Gasteiger partial charge is 0.265 e. The Balaban J connectivity index is 1.98. The first-order chi connectivity index (χ1) is 8.99. The van der Waals surface area contributed by atoms with Crippen molar-refractivity contribution in [2.45, 2.75) is 32.7 Å². The minimum absolute atomic E-state index is 0.00576. The average molecular weight is 292 g/mol. The van der Waals surface area contributed by atoms with Crippen LogP contribution in [0.2, 0.25) is 0 Å². The summed E-state index contributed by atoms with van der Waals surface area (Å²) in [6.45, 7) is 4.26. The Morgan fingerprint density at radius 2 is 2.11 bits per heavy atom. The summed E-state index contributed by atoms with van der Waals surface area (Å²) in [5.41, 5.74) is 3.66. The molecule has 3 nitrogen and oxygen atoms in total. The molecule has 2 aliphatic rings. The number of carbonyl (C=O) groups excluding carboxylic acids is 1. The van der Waals surface area contributed by atoms with Crippen molar-refractivity contribution in [3.63, 3.8) is 0 Å². The number of carbonyl (C=O) groups is 1. The molecule has 5 heteroatoms. The number of aromatic nitrogens is 1. The lowest BCUT2D eigenvalue weighted by Gasteiger charge is -2.06. The standard InChI is InChI=1S/C14H16N2OS2/c1-8-6-10(9(2)16(8)11-4-5-11)7-12-13(17)15(3)14(18)19-12/h6-7,11H,4-5H2,1-3H3. The molecule has 0 unspecified atom stereocenters. The Bertz CT molecular complexity index is 611. The third-order valence-electron chi connectivity index (χ3n) is 3.71. The van der Waals surface area contributed by atoms with Gasteiger partial charge in [-0.2, -0.15) is 0 Å². The Morgan fingerprint density at radius 3 is 2.63 bits per heavy atom. The highest BCUT2D eigenvalue weighted by molar-refractivity contribution is 8.26. The highest BCUT2D eigenvalue weighted by Crippen LogP contribution is 2.39. The first kappa shape index (κ1) is 12.9. The molecule has 1 aromatic rings. The summed E-state index contributed by atoms with van der Waals surface area (Å²) in [7, 11) is 1.73. The fourth-order valence-corrected chi connectivity index (χ4v) is 3.70. The molecule has 1 saturated carbocycles. The largest absolute Gasteiger partial charge is 0.346 e. The molecule has 0 radical (unpaired) electrons. The van der Waals surface area contributed by atoms with Gasteiger partial charge in [0.15, 0.2) is 0 Å². The van der Waals surface area contributed by atoms with Gasteiger partial charge in [-0.15, -0.1) is 0 Å². The number of likely N-dealkylation sites (N-methyl/N-ethyl adjacent to an activating group) is 1. The number of hydrogen-bond donors (Lipinski definition) is 0. The topological polar surface area (TPSA) is 25.2 Å². The SMILES string of the molecule is Cc1cc(C=C2SC(=S)N(C)C2=O)c(C)n1C1CC1. The van der Waals surface area contributed by atoms with E-state index in [2.05, 4.69) is 24.5 Å². The van der Waals surface area contributed by atoms with Gasteiger partial charge in [0, 0.05) is 24.5 Å². The van der Waals surface area contributed by atoms with Crippen molar-refractivity contribution in [3.05, 3.63) is 27.9 Å². The van der Waals surface area contributed by atoms with Crippen molar-refractivity contribution < 1.29 is 4.79 Å². The molecular weight excluding hydrogens is 276 g/mol. The van der Waals surface area contributed by atoms with E-state index < -0.39 is 0 Å². The van der Waals surface area contributed by atoms with E-state index >= 15 is 0 Å². The van der Waals surface area contributed by atoms with E-state index in [9.17, 15) is 4.79 Å². The van der Waals surface area contributed by atoms with Gasteiger partial charge in [0.1, 0.15) is 4.32 Å². The van der Waals surface area contributed by atoms with Gasteiger partial charge < -0.3 is 4.57 Å². The van der Waals surface area contributed by atoms with Crippen LogP contribution < -0.4 is 0 Å². The summed E-state index contributed by atoms with van der Waals surface area (Å²) in [5.74, 6) is 0.00576. The second-order valence-electron chi connectivity index (χ2n) is 5.17. The van der Waals surface area contributed by atoms with Gasteiger partial charge in [0.05, 0.1) is 4.91 Å².